The van der Waals surface area contributed by atoms with Crippen LogP contribution in [0.4, 0.5) is 0 Å². The molecule has 1 atom stereocenters. The van der Waals surface area contributed by atoms with E-state index < -0.39 is 0 Å². The number of rotatable bonds is 4. The number of nitrogens with zero attached hydrogens (tertiary/aromatic N) is 2. The van der Waals surface area contributed by atoms with Gasteiger partial charge in [0, 0.05) is 32.7 Å². The smallest absolute Gasteiger partial charge is 0.306 e. The Morgan fingerprint density at radius 1 is 1.20 bits per heavy atom. The predicted octanol–water partition coefficient (Wildman–Crippen LogP) is 0.979. The van der Waals surface area contributed by atoms with E-state index in [1.807, 2.05) is 16.7 Å². The number of carbonyl (C=O) groups is 2. The van der Waals surface area contributed by atoms with E-state index in [9.17, 15) is 9.59 Å². The van der Waals surface area contributed by atoms with Crippen LogP contribution in [0, 0.1) is 0 Å². The second kappa shape index (κ2) is 7.88. The van der Waals surface area contributed by atoms with Crippen molar-refractivity contribution in [3.8, 4) is 0 Å². The maximum atomic E-state index is 12.4. The summed E-state index contributed by atoms with van der Waals surface area (Å²) in [5.41, 5.74) is 0. The van der Waals surface area contributed by atoms with Gasteiger partial charge in [-0.15, -0.1) is 11.8 Å². The van der Waals surface area contributed by atoms with Crippen molar-refractivity contribution in [3.63, 3.8) is 0 Å². The van der Waals surface area contributed by atoms with Crippen molar-refractivity contribution < 1.29 is 14.3 Å². The molecule has 0 saturated carbocycles. The van der Waals surface area contributed by atoms with Crippen LogP contribution in [0.2, 0.25) is 0 Å². The second-order valence-electron chi connectivity index (χ2n) is 5.35. The number of hydrogen-bond donors (Lipinski definition) is 0. The zero-order chi connectivity index (χ0) is 14.4. The predicted molar refractivity (Wildman–Crippen MR) is 79.8 cm³/mol. The molecule has 114 valence electrons. The van der Waals surface area contributed by atoms with Crippen molar-refractivity contribution >= 4 is 23.6 Å². The number of amides is 1. The van der Waals surface area contributed by atoms with Crippen molar-refractivity contribution in [2.45, 2.75) is 30.9 Å². The van der Waals surface area contributed by atoms with Crippen molar-refractivity contribution in [3.05, 3.63) is 0 Å². The highest BCUT2D eigenvalue weighted by Crippen LogP contribution is 2.26. The van der Waals surface area contributed by atoms with Crippen LogP contribution in [-0.4, -0.2) is 72.5 Å². The Labute approximate surface area is 125 Å². The third-order valence-corrected chi connectivity index (χ3v) is 5.36. The summed E-state index contributed by atoms with van der Waals surface area (Å²) in [5.74, 6) is 1.28. The van der Waals surface area contributed by atoms with Gasteiger partial charge in [-0.25, -0.2) is 0 Å². The van der Waals surface area contributed by atoms with Crippen molar-refractivity contribution in [2.24, 2.45) is 0 Å². The lowest BCUT2D eigenvalue weighted by molar-refractivity contribution is -0.141. The average Bonchev–Trinajstić information content (AvgIpc) is 2.53. The quantitative estimate of drug-likeness (QED) is 0.724. The molecule has 0 aromatic heterocycles. The van der Waals surface area contributed by atoms with Gasteiger partial charge in [-0.05, 0) is 18.6 Å². The zero-order valence-electron chi connectivity index (χ0n) is 12.2. The van der Waals surface area contributed by atoms with Crippen LogP contribution in [0.3, 0.4) is 0 Å². The first kappa shape index (κ1) is 15.6. The van der Waals surface area contributed by atoms with Crippen LogP contribution in [0.1, 0.15) is 25.7 Å². The van der Waals surface area contributed by atoms with Gasteiger partial charge in [0.1, 0.15) is 0 Å². The number of hydrogen-bond acceptors (Lipinski definition) is 5. The van der Waals surface area contributed by atoms with Gasteiger partial charge in [0.2, 0.25) is 5.91 Å². The molecule has 1 amide bonds. The molecule has 20 heavy (non-hydrogen) atoms. The lowest BCUT2D eigenvalue weighted by Gasteiger charge is -2.36. The number of thioether (sulfide) groups is 1. The molecule has 2 fully saturated rings. The summed E-state index contributed by atoms with van der Waals surface area (Å²) in [6, 6.07) is 0. The Morgan fingerprint density at radius 2 is 1.95 bits per heavy atom. The van der Waals surface area contributed by atoms with Crippen molar-refractivity contribution in [1.82, 2.24) is 9.80 Å². The van der Waals surface area contributed by atoms with Crippen LogP contribution in [0.25, 0.3) is 0 Å². The van der Waals surface area contributed by atoms with E-state index >= 15 is 0 Å². The first-order valence-corrected chi connectivity index (χ1v) is 8.45. The normalized spacial score (nSPS) is 24.4. The summed E-state index contributed by atoms with van der Waals surface area (Å²) in [5, 5.41) is 0.186. The van der Waals surface area contributed by atoms with Crippen LogP contribution in [-0.2, 0) is 14.3 Å². The third kappa shape index (κ3) is 4.38. The van der Waals surface area contributed by atoms with Gasteiger partial charge in [0.15, 0.2) is 0 Å². The molecule has 2 heterocycles. The highest BCUT2D eigenvalue weighted by atomic mass is 32.2. The van der Waals surface area contributed by atoms with Crippen LogP contribution in [0.15, 0.2) is 0 Å². The fourth-order valence-electron chi connectivity index (χ4n) is 2.68. The fourth-order valence-corrected chi connectivity index (χ4v) is 3.96. The van der Waals surface area contributed by atoms with Gasteiger partial charge in [-0.1, -0.05) is 6.42 Å². The Bertz CT molecular complexity index is 337. The molecule has 0 bridgehead atoms. The Kier molecular flexibility index (Phi) is 6.16. The minimum atomic E-state index is -0.165. The Balaban J connectivity index is 1.70. The summed E-state index contributed by atoms with van der Waals surface area (Å²) < 4.78 is 4.65. The van der Waals surface area contributed by atoms with Gasteiger partial charge in [0.25, 0.3) is 0 Å². The number of piperazine rings is 1. The summed E-state index contributed by atoms with van der Waals surface area (Å²) in [6.45, 7) is 4.03. The molecule has 2 saturated heterocycles. The third-order valence-electron chi connectivity index (χ3n) is 4.00. The first-order chi connectivity index (χ1) is 9.70. The van der Waals surface area contributed by atoms with Crippen molar-refractivity contribution in [2.75, 3.05) is 45.6 Å². The van der Waals surface area contributed by atoms with Crippen molar-refractivity contribution in [1.29, 1.82) is 0 Å². The highest BCUT2D eigenvalue weighted by molar-refractivity contribution is 8.00. The highest BCUT2D eigenvalue weighted by Gasteiger charge is 2.28. The molecule has 0 aromatic carbocycles. The zero-order valence-corrected chi connectivity index (χ0v) is 13.0. The fraction of sp³-hybridized carbons (Fsp3) is 0.857. The maximum Gasteiger partial charge on any atom is 0.306 e. The van der Waals surface area contributed by atoms with Crippen LogP contribution < -0.4 is 0 Å². The van der Waals surface area contributed by atoms with Gasteiger partial charge >= 0.3 is 5.97 Å². The van der Waals surface area contributed by atoms with Crippen LogP contribution >= 0.6 is 11.8 Å². The standard InChI is InChI=1S/C14H24N2O3S/c1-19-13(17)5-6-15-7-9-16(10-8-15)14(18)12-4-2-3-11-20-12/h12H,2-11H2,1H3. The summed E-state index contributed by atoms with van der Waals surface area (Å²) in [7, 11) is 1.42. The summed E-state index contributed by atoms with van der Waals surface area (Å²) in [6.07, 6.45) is 3.90. The van der Waals surface area contributed by atoms with E-state index in [2.05, 4.69) is 9.64 Å². The number of carbonyl (C=O) groups excluding carboxylic acids is 2. The van der Waals surface area contributed by atoms with Gasteiger partial charge in [-0.2, -0.15) is 0 Å². The van der Waals surface area contributed by atoms with Gasteiger partial charge in [-0.3, -0.25) is 14.5 Å². The van der Waals surface area contributed by atoms with E-state index in [1.54, 1.807) is 0 Å². The minimum Gasteiger partial charge on any atom is -0.469 e. The summed E-state index contributed by atoms with van der Waals surface area (Å²) in [4.78, 5) is 27.7. The Hall–Kier alpha value is -0.750. The molecule has 0 aromatic rings. The van der Waals surface area contributed by atoms with E-state index in [1.165, 1.54) is 20.0 Å². The molecule has 5 nitrogen and oxygen atoms in total. The molecule has 0 radical (unpaired) electrons. The largest absolute Gasteiger partial charge is 0.469 e. The monoisotopic (exact) mass is 300 g/mol. The molecule has 0 aliphatic carbocycles. The Morgan fingerprint density at radius 3 is 2.55 bits per heavy atom. The summed E-state index contributed by atoms with van der Waals surface area (Å²) >= 11 is 1.82. The number of esters is 1. The molecule has 2 aliphatic rings. The molecule has 0 N–H and O–H groups in total. The molecule has 0 spiro atoms. The molecule has 2 aliphatic heterocycles. The molecular weight excluding hydrogens is 276 g/mol. The molecular formula is C14H24N2O3S. The molecule has 2 rings (SSSR count). The number of methoxy groups -OCH3 is 1. The average molecular weight is 300 g/mol. The van der Waals surface area contributed by atoms with Crippen LogP contribution in [0.5, 0.6) is 0 Å². The van der Waals surface area contributed by atoms with E-state index in [0.717, 1.165) is 44.9 Å². The SMILES string of the molecule is COC(=O)CCN1CCN(C(=O)C2CCCCS2)CC1. The van der Waals surface area contributed by atoms with E-state index in [-0.39, 0.29) is 11.2 Å². The number of ether oxygens (including phenoxy) is 1. The van der Waals surface area contributed by atoms with E-state index in [0.29, 0.717) is 12.3 Å². The lowest BCUT2D eigenvalue weighted by Crippen LogP contribution is -2.51. The second-order valence-corrected chi connectivity index (χ2v) is 6.66. The molecule has 1 unspecified atom stereocenters. The first-order valence-electron chi connectivity index (χ1n) is 7.40. The maximum absolute atomic E-state index is 12.4. The van der Waals surface area contributed by atoms with E-state index in [4.69, 9.17) is 0 Å². The molecule has 6 heteroatoms. The van der Waals surface area contributed by atoms with Gasteiger partial charge in [0.05, 0.1) is 18.8 Å². The lowest BCUT2D eigenvalue weighted by atomic mass is 10.1. The van der Waals surface area contributed by atoms with Gasteiger partial charge < -0.3 is 9.64 Å². The minimum absolute atomic E-state index is 0.165. The topological polar surface area (TPSA) is 49.9 Å².